The molecule has 0 saturated carbocycles. The molecule has 5 heteroatoms. The summed E-state index contributed by atoms with van der Waals surface area (Å²) in [7, 11) is 0. The van der Waals surface area contributed by atoms with E-state index in [4.69, 9.17) is 9.47 Å². The van der Waals surface area contributed by atoms with Gasteiger partial charge in [0.15, 0.2) is 0 Å². The molecule has 1 rings (SSSR count). The third kappa shape index (κ3) is 4.29. The molecule has 86 valence electrons. The second-order valence-corrected chi connectivity index (χ2v) is 3.64. The van der Waals surface area contributed by atoms with E-state index in [0.717, 1.165) is 19.3 Å². The van der Waals surface area contributed by atoms with E-state index in [9.17, 15) is 9.59 Å². The van der Waals surface area contributed by atoms with Gasteiger partial charge < -0.3 is 14.8 Å². The Bertz CT molecular complexity index is 220. The fraction of sp³-hybridized carbons (Fsp3) is 0.800. The monoisotopic (exact) mass is 215 g/mol. The molecule has 1 heterocycles. The van der Waals surface area contributed by atoms with Crippen LogP contribution >= 0.6 is 0 Å². The molecule has 0 aromatic rings. The zero-order chi connectivity index (χ0) is 11.3. The quantitative estimate of drug-likeness (QED) is 0.552. The molecule has 0 radical (unpaired) electrons. The third-order valence-corrected chi connectivity index (χ3v) is 2.19. The molecule has 1 amide bonds. The summed E-state index contributed by atoms with van der Waals surface area (Å²) in [5.41, 5.74) is 0. The Morgan fingerprint density at radius 1 is 1.40 bits per heavy atom. The Kier molecular flexibility index (Phi) is 4.55. The molecule has 0 bridgehead atoms. The van der Waals surface area contributed by atoms with Crippen LogP contribution in [0, 0.1) is 0 Å². The average molecular weight is 215 g/mol. The van der Waals surface area contributed by atoms with Gasteiger partial charge in [-0.2, -0.15) is 0 Å². The van der Waals surface area contributed by atoms with Gasteiger partial charge in [-0.1, -0.05) is 0 Å². The van der Waals surface area contributed by atoms with Crippen molar-refractivity contribution >= 4 is 11.9 Å². The standard InChI is InChI=1S/C10H17NO4/c1-7(12)11-10(15-8(2)13)9-5-3-4-6-14-9/h9-10H,3-6H2,1-2H3,(H,11,12)/t9-,10-/m0/s1. The minimum absolute atomic E-state index is 0.216. The number of nitrogens with one attached hydrogen (secondary N) is 1. The molecule has 0 aromatic carbocycles. The van der Waals surface area contributed by atoms with Gasteiger partial charge in [-0.05, 0) is 19.3 Å². The number of rotatable bonds is 3. The summed E-state index contributed by atoms with van der Waals surface area (Å²) in [6.45, 7) is 3.36. The Morgan fingerprint density at radius 3 is 2.60 bits per heavy atom. The van der Waals surface area contributed by atoms with Crippen LogP contribution in [0.4, 0.5) is 0 Å². The normalized spacial score (nSPS) is 22.9. The number of hydrogen-bond acceptors (Lipinski definition) is 4. The van der Waals surface area contributed by atoms with Gasteiger partial charge in [0, 0.05) is 20.5 Å². The lowest BCUT2D eigenvalue weighted by molar-refractivity contribution is -0.162. The van der Waals surface area contributed by atoms with Crippen molar-refractivity contribution in [2.75, 3.05) is 6.61 Å². The second kappa shape index (κ2) is 5.70. The smallest absolute Gasteiger partial charge is 0.304 e. The van der Waals surface area contributed by atoms with Crippen LogP contribution in [0.5, 0.6) is 0 Å². The number of hydrogen-bond donors (Lipinski definition) is 1. The zero-order valence-corrected chi connectivity index (χ0v) is 9.12. The van der Waals surface area contributed by atoms with Crippen molar-refractivity contribution in [3.8, 4) is 0 Å². The van der Waals surface area contributed by atoms with E-state index in [1.807, 2.05) is 0 Å². The van der Waals surface area contributed by atoms with Gasteiger partial charge in [-0.3, -0.25) is 9.59 Å². The summed E-state index contributed by atoms with van der Waals surface area (Å²) in [6.07, 6.45) is 1.98. The highest BCUT2D eigenvalue weighted by Gasteiger charge is 2.27. The lowest BCUT2D eigenvalue weighted by Crippen LogP contribution is -2.47. The summed E-state index contributed by atoms with van der Waals surface area (Å²) in [5.74, 6) is -0.640. The van der Waals surface area contributed by atoms with Crippen molar-refractivity contribution < 1.29 is 19.1 Å². The highest BCUT2D eigenvalue weighted by Crippen LogP contribution is 2.16. The third-order valence-electron chi connectivity index (χ3n) is 2.19. The van der Waals surface area contributed by atoms with Crippen LogP contribution in [0.25, 0.3) is 0 Å². The number of carbonyl (C=O) groups is 2. The lowest BCUT2D eigenvalue weighted by atomic mass is 10.1. The van der Waals surface area contributed by atoms with E-state index in [1.165, 1.54) is 13.8 Å². The first kappa shape index (κ1) is 12.0. The van der Waals surface area contributed by atoms with Crippen LogP contribution in [-0.4, -0.2) is 30.8 Å². The number of ether oxygens (including phenoxy) is 2. The molecule has 2 atom stereocenters. The summed E-state index contributed by atoms with van der Waals surface area (Å²) < 4.78 is 10.5. The predicted molar refractivity (Wildman–Crippen MR) is 53.0 cm³/mol. The first-order valence-electron chi connectivity index (χ1n) is 5.15. The van der Waals surface area contributed by atoms with Crippen molar-refractivity contribution in [1.82, 2.24) is 5.32 Å². The summed E-state index contributed by atoms with van der Waals surface area (Å²) in [4.78, 5) is 21.8. The Balaban J connectivity index is 2.52. The first-order chi connectivity index (χ1) is 7.09. The van der Waals surface area contributed by atoms with Crippen LogP contribution in [0.2, 0.25) is 0 Å². The lowest BCUT2D eigenvalue weighted by Gasteiger charge is -2.29. The summed E-state index contributed by atoms with van der Waals surface area (Å²) >= 11 is 0. The van der Waals surface area contributed by atoms with Gasteiger partial charge in [0.2, 0.25) is 12.1 Å². The van der Waals surface area contributed by atoms with Crippen LogP contribution in [-0.2, 0) is 19.1 Å². The largest absolute Gasteiger partial charge is 0.439 e. The van der Waals surface area contributed by atoms with Crippen LogP contribution in [0.15, 0.2) is 0 Å². The highest BCUT2D eigenvalue weighted by atomic mass is 16.6. The van der Waals surface area contributed by atoms with Crippen LogP contribution in [0.3, 0.4) is 0 Å². The summed E-state index contributed by atoms with van der Waals surface area (Å²) in [5, 5.41) is 2.57. The molecule has 1 aliphatic rings. The molecular formula is C10H17NO4. The van der Waals surface area contributed by atoms with Crippen LogP contribution < -0.4 is 5.32 Å². The predicted octanol–water partition coefficient (Wildman–Crippen LogP) is 0.581. The number of amides is 1. The maximum absolute atomic E-state index is 10.9. The van der Waals surface area contributed by atoms with Gasteiger partial charge in [0.05, 0.1) is 0 Å². The maximum Gasteiger partial charge on any atom is 0.304 e. The Hall–Kier alpha value is -1.10. The van der Waals surface area contributed by atoms with E-state index in [1.54, 1.807) is 0 Å². The van der Waals surface area contributed by atoms with Gasteiger partial charge in [0.25, 0.3) is 0 Å². The van der Waals surface area contributed by atoms with Gasteiger partial charge in [-0.25, -0.2) is 0 Å². The fourth-order valence-electron chi connectivity index (χ4n) is 1.58. The van der Waals surface area contributed by atoms with Crippen molar-refractivity contribution in [1.29, 1.82) is 0 Å². The van der Waals surface area contributed by atoms with Crippen molar-refractivity contribution in [2.24, 2.45) is 0 Å². The molecule has 5 nitrogen and oxygen atoms in total. The average Bonchev–Trinajstić information content (AvgIpc) is 2.17. The van der Waals surface area contributed by atoms with Gasteiger partial charge in [-0.15, -0.1) is 0 Å². The molecule has 15 heavy (non-hydrogen) atoms. The Morgan fingerprint density at radius 2 is 2.13 bits per heavy atom. The minimum Gasteiger partial charge on any atom is -0.439 e. The Labute approximate surface area is 89.1 Å². The van der Waals surface area contributed by atoms with Crippen molar-refractivity contribution in [2.45, 2.75) is 45.4 Å². The number of esters is 1. The van der Waals surface area contributed by atoms with Crippen molar-refractivity contribution in [3.63, 3.8) is 0 Å². The van der Waals surface area contributed by atoms with E-state index < -0.39 is 12.2 Å². The topological polar surface area (TPSA) is 64.6 Å². The van der Waals surface area contributed by atoms with E-state index in [0.29, 0.717) is 6.61 Å². The molecule has 0 aliphatic carbocycles. The molecular weight excluding hydrogens is 198 g/mol. The SMILES string of the molecule is CC(=O)N[C@@H](OC(C)=O)[C@@H]1CCCCO1. The summed E-state index contributed by atoms with van der Waals surface area (Å²) in [6, 6.07) is 0. The first-order valence-corrected chi connectivity index (χ1v) is 5.15. The molecule has 1 aliphatic heterocycles. The highest BCUT2D eigenvalue weighted by molar-refractivity contribution is 5.73. The minimum atomic E-state index is -0.653. The zero-order valence-electron chi connectivity index (χ0n) is 9.12. The van der Waals surface area contributed by atoms with E-state index >= 15 is 0 Å². The van der Waals surface area contributed by atoms with E-state index in [2.05, 4.69) is 5.32 Å². The molecule has 0 aromatic heterocycles. The molecule has 1 fully saturated rings. The molecule has 1 saturated heterocycles. The van der Waals surface area contributed by atoms with Crippen LogP contribution in [0.1, 0.15) is 33.1 Å². The molecule has 0 spiro atoms. The maximum atomic E-state index is 10.9. The second-order valence-electron chi connectivity index (χ2n) is 3.64. The van der Waals surface area contributed by atoms with Gasteiger partial charge >= 0.3 is 5.97 Å². The molecule has 1 N–H and O–H groups in total. The fourth-order valence-corrected chi connectivity index (χ4v) is 1.58. The number of carbonyl (C=O) groups excluding carboxylic acids is 2. The van der Waals surface area contributed by atoms with Gasteiger partial charge in [0.1, 0.15) is 6.10 Å². The molecule has 0 unspecified atom stereocenters. The van der Waals surface area contributed by atoms with E-state index in [-0.39, 0.29) is 12.0 Å². The van der Waals surface area contributed by atoms with Crippen molar-refractivity contribution in [3.05, 3.63) is 0 Å².